The van der Waals surface area contributed by atoms with Gasteiger partial charge in [0.25, 0.3) is 0 Å². The molecular formula is C15H14O4. The zero-order chi connectivity index (χ0) is 13.7. The number of ether oxygens (including phenoxy) is 2. The number of hydrogen-bond donors (Lipinski definition) is 1. The van der Waals surface area contributed by atoms with E-state index >= 15 is 0 Å². The van der Waals surface area contributed by atoms with Gasteiger partial charge in [0.05, 0.1) is 6.10 Å². The van der Waals surface area contributed by atoms with Crippen molar-refractivity contribution in [1.82, 2.24) is 0 Å². The van der Waals surface area contributed by atoms with E-state index in [0.717, 1.165) is 0 Å². The first-order chi connectivity index (χ1) is 9.17. The number of para-hydroxylation sites is 1. The number of terminal acetylenes is 1. The van der Waals surface area contributed by atoms with Crippen LogP contribution in [0.4, 0.5) is 4.79 Å². The van der Waals surface area contributed by atoms with Crippen molar-refractivity contribution in [2.75, 3.05) is 0 Å². The van der Waals surface area contributed by atoms with Gasteiger partial charge in [-0.3, -0.25) is 0 Å². The molecule has 1 aliphatic rings. The van der Waals surface area contributed by atoms with E-state index in [1.54, 1.807) is 30.3 Å². The molecule has 1 aliphatic carbocycles. The van der Waals surface area contributed by atoms with Crippen molar-refractivity contribution in [1.29, 1.82) is 0 Å². The summed E-state index contributed by atoms with van der Waals surface area (Å²) in [6.07, 6.45) is 5.75. The Bertz CT molecular complexity index is 513. The molecule has 1 aromatic carbocycles. The molecule has 0 spiro atoms. The van der Waals surface area contributed by atoms with Crippen molar-refractivity contribution < 1.29 is 19.4 Å². The lowest BCUT2D eigenvalue weighted by atomic mass is 9.95. The lowest BCUT2D eigenvalue weighted by molar-refractivity contribution is 0.0436. The molecule has 2 atom stereocenters. The van der Waals surface area contributed by atoms with Gasteiger partial charge in [0.1, 0.15) is 11.9 Å². The Morgan fingerprint density at radius 2 is 2.11 bits per heavy atom. The number of carbonyl (C=O) groups excluding carboxylic acids is 1. The summed E-state index contributed by atoms with van der Waals surface area (Å²) in [5.41, 5.74) is 0.635. The topological polar surface area (TPSA) is 55.8 Å². The normalized spacial score (nSPS) is 22.0. The summed E-state index contributed by atoms with van der Waals surface area (Å²) < 4.78 is 10.1. The Hall–Kier alpha value is -2.25. The first-order valence-corrected chi connectivity index (χ1v) is 5.96. The quantitative estimate of drug-likeness (QED) is 0.502. The van der Waals surface area contributed by atoms with Crippen molar-refractivity contribution in [2.24, 2.45) is 0 Å². The summed E-state index contributed by atoms with van der Waals surface area (Å²) in [6, 6.07) is 8.63. The molecule has 0 heterocycles. The van der Waals surface area contributed by atoms with Gasteiger partial charge in [-0.25, -0.2) is 4.79 Å². The van der Waals surface area contributed by atoms with Crippen LogP contribution in [0.1, 0.15) is 12.8 Å². The summed E-state index contributed by atoms with van der Waals surface area (Å²) in [4.78, 5) is 11.6. The van der Waals surface area contributed by atoms with Gasteiger partial charge in [-0.05, 0) is 18.2 Å². The van der Waals surface area contributed by atoms with Gasteiger partial charge in [0.15, 0.2) is 0 Å². The van der Waals surface area contributed by atoms with Crippen LogP contribution in [0.5, 0.6) is 5.75 Å². The molecule has 0 saturated heterocycles. The fraction of sp³-hybridized carbons (Fsp3) is 0.267. The maximum absolute atomic E-state index is 11.6. The molecule has 1 aromatic rings. The van der Waals surface area contributed by atoms with E-state index in [0.29, 0.717) is 24.2 Å². The summed E-state index contributed by atoms with van der Waals surface area (Å²) >= 11 is 0. The molecule has 0 aromatic heterocycles. The van der Waals surface area contributed by atoms with Gasteiger partial charge in [0.2, 0.25) is 0 Å². The highest BCUT2D eigenvalue weighted by molar-refractivity contribution is 5.64. The molecule has 4 heteroatoms. The Kier molecular flexibility index (Phi) is 4.22. The second kappa shape index (κ2) is 6.07. The SMILES string of the molecule is C#CC1=C[C@@H](OC(=O)Oc2ccccc2)C[C@H](O)C1. The smallest absolute Gasteiger partial charge is 0.426 e. The van der Waals surface area contributed by atoms with Crippen molar-refractivity contribution in [3.63, 3.8) is 0 Å². The highest BCUT2D eigenvalue weighted by atomic mass is 16.7. The molecule has 98 valence electrons. The van der Waals surface area contributed by atoms with Crippen LogP contribution in [0.2, 0.25) is 0 Å². The largest absolute Gasteiger partial charge is 0.514 e. The molecule has 0 fully saturated rings. The molecule has 4 nitrogen and oxygen atoms in total. The van der Waals surface area contributed by atoms with E-state index in [1.807, 2.05) is 6.07 Å². The van der Waals surface area contributed by atoms with Crippen LogP contribution in [-0.2, 0) is 4.74 Å². The second-order valence-corrected chi connectivity index (χ2v) is 4.25. The van der Waals surface area contributed by atoms with Crippen LogP contribution in [0, 0.1) is 12.3 Å². The molecule has 0 unspecified atom stereocenters. The molecule has 19 heavy (non-hydrogen) atoms. The predicted octanol–water partition coefficient (Wildman–Crippen LogP) is 2.28. The number of aliphatic hydroxyl groups excluding tert-OH is 1. The first kappa shape index (κ1) is 13.2. The number of rotatable bonds is 2. The van der Waals surface area contributed by atoms with Crippen LogP contribution in [-0.4, -0.2) is 23.5 Å². The van der Waals surface area contributed by atoms with Gasteiger partial charge in [-0.1, -0.05) is 24.1 Å². The van der Waals surface area contributed by atoms with E-state index in [4.69, 9.17) is 15.9 Å². The van der Waals surface area contributed by atoms with Crippen LogP contribution in [0.25, 0.3) is 0 Å². The minimum absolute atomic E-state index is 0.328. The second-order valence-electron chi connectivity index (χ2n) is 4.25. The van der Waals surface area contributed by atoms with Crippen molar-refractivity contribution in [3.8, 4) is 18.1 Å². The fourth-order valence-corrected chi connectivity index (χ4v) is 1.89. The van der Waals surface area contributed by atoms with Crippen molar-refractivity contribution >= 4 is 6.16 Å². The zero-order valence-electron chi connectivity index (χ0n) is 10.3. The molecule has 0 aliphatic heterocycles. The third-order valence-corrected chi connectivity index (χ3v) is 2.72. The first-order valence-electron chi connectivity index (χ1n) is 5.96. The summed E-state index contributed by atoms with van der Waals surface area (Å²) in [5, 5.41) is 9.62. The molecular weight excluding hydrogens is 244 g/mol. The van der Waals surface area contributed by atoms with Gasteiger partial charge in [-0.15, -0.1) is 6.42 Å². The van der Waals surface area contributed by atoms with E-state index in [2.05, 4.69) is 5.92 Å². The third kappa shape index (κ3) is 3.87. The maximum Gasteiger partial charge on any atom is 0.514 e. The lowest BCUT2D eigenvalue weighted by Crippen LogP contribution is -2.27. The van der Waals surface area contributed by atoms with Crippen molar-refractivity contribution in [3.05, 3.63) is 42.0 Å². The minimum Gasteiger partial charge on any atom is -0.426 e. The van der Waals surface area contributed by atoms with Crippen LogP contribution in [0.15, 0.2) is 42.0 Å². The third-order valence-electron chi connectivity index (χ3n) is 2.72. The van der Waals surface area contributed by atoms with E-state index in [1.165, 1.54) is 0 Å². The fourth-order valence-electron chi connectivity index (χ4n) is 1.89. The average molecular weight is 258 g/mol. The van der Waals surface area contributed by atoms with Crippen LogP contribution < -0.4 is 4.74 Å². The van der Waals surface area contributed by atoms with Gasteiger partial charge in [0, 0.05) is 18.4 Å². The molecule has 0 bridgehead atoms. The Balaban J connectivity index is 1.94. The monoisotopic (exact) mass is 258 g/mol. The van der Waals surface area contributed by atoms with Gasteiger partial charge >= 0.3 is 6.16 Å². The predicted molar refractivity (Wildman–Crippen MR) is 69.5 cm³/mol. The highest BCUT2D eigenvalue weighted by Gasteiger charge is 2.23. The van der Waals surface area contributed by atoms with Gasteiger partial charge < -0.3 is 14.6 Å². The number of aliphatic hydroxyl groups is 1. The molecule has 0 radical (unpaired) electrons. The standard InChI is InChI=1S/C15H14O4/c1-2-11-8-12(16)10-14(9-11)19-15(17)18-13-6-4-3-5-7-13/h1,3-7,9,12,14,16H,8,10H2/t12-,14-/m1/s1. The number of carbonyl (C=O) groups is 1. The number of benzene rings is 1. The maximum atomic E-state index is 11.6. The molecule has 0 amide bonds. The highest BCUT2D eigenvalue weighted by Crippen LogP contribution is 2.21. The van der Waals surface area contributed by atoms with E-state index in [9.17, 15) is 9.90 Å². The van der Waals surface area contributed by atoms with E-state index < -0.39 is 18.4 Å². The van der Waals surface area contributed by atoms with Crippen LogP contribution in [0.3, 0.4) is 0 Å². The van der Waals surface area contributed by atoms with Gasteiger partial charge in [-0.2, -0.15) is 0 Å². The minimum atomic E-state index is -0.807. The molecule has 1 N–H and O–H groups in total. The molecule has 2 rings (SSSR count). The zero-order valence-corrected chi connectivity index (χ0v) is 10.3. The number of hydrogen-bond acceptors (Lipinski definition) is 4. The Labute approximate surface area is 111 Å². The summed E-state index contributed by atoms with van der Waals surface area (Å²) in [7, 11) is 0. The Morgan fingerprint density at radius 3 is 2.79 bits per heavy atom. The summed E-state index contributed by atoms with van der Waals surface area (Å²) in [6.45, 7) is 0. The van der Waals surface area contributed by atoms with Crippen molar-refractivity contribution in [2.45, 2.75) is 25.0 Å². The van der Waals surface area contributed by atoms with E-state index in [-0.39, 0.29) is 0 Å². The lowest BCUT2D eigenvalue weighted by Gasteiger charge is -2.22. The summed E-state index contributed by atoms with van der Waals surface area (Å²) in [5.74, 6) is 2.86. The van der Waals surface area contributed by atoms with Crippen LogP contribution >= 0.6 is 0 Å². The average Bonchev–Trinajstić information content (AvgIpc) is 2.38. The Morgan fingerprint density at radius 1 is 1.37 bits per heavy atom. The molecule has 0 saturated carbocycles.